The summed E-state index contributed by atoms with van der Waals surface area (Å²) in [6.45, 7) is 7.48. The van der Waals surface area contributed by atoms with Crippen LogP contribution in [0.1, 0.15) is 80.8 Å². The van der Waals surface area contributed by atoms with Gasteiger partial charge in [-0.05, 0) is 43.9 Å². The van der Waals surface area contributed by atoms with E-state index >= 15 is 0 Å². The van der Waals surface area contributed by atoms with E-state index < -0.39 is 0 Å². The molecule has 1 saturated carbocycles. The molecule has 1 aliphatic carbocycles. The van der Waals surface area contributed by atoms with Crippen molar-refractivity contribution in [2.75, 3.05) is 0 Å². The SMILES string of the molecule is CCCC1CCC(c2nc(CC(C)C)c(CN)s2)CC1. The average Bonchev–Trinajstić information content (AvgIpc) is 2.82. The molecular formula is C17H30N2S. The van der Waals surface area contributed by atoms with Gasteiger partial charge in [-0.25, -0.2) is 4.98 Å². The Bertz CT molecular complexity index is 403. The molecule has 0 aliphatic heterocycles. The Morgan fingerprint density at radius 3 is 2.50 bits per heavy atom. The second-order valence-corrected chi connectivity index (χ2v) is 7.85. The Kier molecular flexibility index (Phi) is 6.03. The van der Waals surface area contributed by atoms with Crippen molar-refractivity contribution in [2.24, 2.45) is 17.6 Å². The number of hydrogen-bond donors (Lipinski definition) is 1. The zero-order chi connectivity index (χ0) is 14.5. The molecular weight excluding hydrogens is 264 g/mol. The van der Waals surface area contributed by atoms with Gasteiger partial charge in [-0.3, -0.25) is 0 Å². The molecule has 1 fully saturated rings. The number of hydrogen-bond acceptors (Lipinski definition) is 3. The fourth-order valence-electron chi connectivity index (χ4n) is 3.39. The summed E-state index contributed by atoms with van der Waals surface area (Å²) in [5.74, 6) is 2.34. The zero-order valence-corrected chi connectivity index (χ0v) is 14.1. The van der Waals surface area contributed by atoms with Crippen LogP contribution in [0.5, 0.6) is 0 Å². The van der Waals surface area contributed by atoms with Crippen LogP contribution >= 0.6 is 11.3 Å². The lowest BCUT2D eigenvalue weighted by atomic mass is 9.80. The van der Waals surface area contributed by atoms with Gasteiger partial charge in [-0.2, -0.15) is 0 Å². The summed E-state index contributed by atoms with van der Waals surface area (Å²) in [6, 6.07) is 0. The molecule has 114 valence electrons. The first kappa shape index (κ1) is 16.0. The number of rotatable bonds is 6. The predicted molar refractivity (Wildman–Crippen MR) is 88.2 cm³/mol. The van der Waals surface area contributed by atoms with Crippen LogP contribution in [0.3, 0.4) is 0 Å². The van der Waals surface area contributed by atoms with Crippen LogP contribution in [-0.2, 0) is 13.0 Å². The summed E-state index contributed by atoms with van der Waals surface area (Å²) in [5, 5.41) is 1.37. The van der Waals surface area contributed by atoms with E-state index in [2.05, 4.69) is 20.8 Å². The molecule has 0 bridgehead atoms. The average molecular weight is 295 g/mol. The third-order valence-corrected chi connectivity index (χ3v) is 5.76. The van der Waals surface area contributed by atoms with E-state index in [1.54, 1.807) is 0 Å². The lowest BCUT2D eigenvalue weighted by Gasteiger charge is -2.27. The molecule has 0 atom stereocenters. The Hall–Kier alpha value is -0.410. The molecule has 2 nitrogen and oxygen atoms in total. The van der Waals surface area contributed by atoms with Crippen molar-refractivity contribution in [1.29, 1.82) is 0 Å². The zero-order valence-electron chi connectivity index (χ0n) is 13.3. The minimum atomic E-state index is 0.658. The summed E-state index contributed by atoms with van der Waals surface area (Å²) in [7, 11) is 0. The standard InChI is InChI=1S/C17H30N2S/c1-4-5-13-6-8-14(9-7-13)17-19-15(10-12(2)3)16(11-18)20-17/h12-14H,4-11,18H2,1-3H3. The van der Waals surface area contributed by atoms with Gasteiger partial charge in [0.15, 0.2) is 0 Å². The second kappa shape index (κ2) is 7.56. The maximum atomic E-state index is 5.90. The van der Waals surface area contributed by atoms with Crippen LogP contribution < -0.4 is 5.73 Å². The number of nitrogens with zero attached hydrogens (tertiary/aromatic N) is 1. The molecule has 0 radical (unpaired) electrons. The largest absolute Gasteiger partial charge is 0.326 e. The van der Waals surface area contributed by atoms with Gasteiger partial charge in [0.05, 0.1) is 10.7 Å². The van der Waals surface area contributed by atoms with E-state index in [0.717, 1.165) is 12.3 Å². The Morgan fingerprint density at radius 1 is 1.25 bits per heavy atom. The molecule has 1 aromatic rings. The van der Waals surface area contributed by atoms with Crippen LogP contribution in [-0.4, -0.2) is 4.98 Å². The van der Waals surface area contributed by atoms with E-state index in [4.69, 9.17) is 10.7 Å². The van der Waals surface area contributed by atoms with E-state index in [1.165, 1.54) is 54.1 Å². The van der Waals surface area contributed by atoms with E-state index in [0.29, 0.717) is 18.4 Å². The molecule has 2 rings (SSSR count). The highest BCUT2D eigenvalue weighted by Gasteiger charge is 2.25. The smallest absolute Gasteiger partial charge is 0.0962 e. The fraction of sp³-hybridized carbons (Fsp3) is 0.824. The molecule has 1 heterocycles. The van der Waals surface area contributed by atoms with Gasteiger partial charge in [-0.1, -0.05) is 33.6 Å². The molecule has 2 N–H and O–H groups in total. The van der Waals surface area contributed by atoms with Gasteiger partial charge in [0.2, 0.25) is 0 Å². The van der Waals surface area contributed by atoms with Crippen molar-refractivity contribution in [3.63, 3.8) is 0 Å². The molecule has 0 amide bonds. The minimum Gasteiger partial charge on any atom is -0.326 e. The van der Waals surface area contributed by atoms with Gasteiger partial charge in [0.25, 0.3) is 0 Å². The third kappa shape index (κ3) is 4.05. The quantitative estimate of drug-likeness (QED) is 0.812. The van der Waals surface area contributed by atoms with Crippen molar-refractivity contribution in [2.45, 2.75) is 78.2 Å². The molecule has 20 heavy (non-hydrogen) atoms. The maximum absolute atomic E-state index is 5.90. The van der Waals surface area contributed by atoms with Gasteiger partial charge < -0.3 is 5.73 Å². The van der Waals surface area contributed by atoms with Crippen LogP contribution in [0.15, 0.2) is 0 Å². The lowest BCUT2D eigenvalue weighted by molar-refractivity contribution is 0.308. The van der Waals surface area contributed by atoms with Crippen molar-refractivity contribution < 1.29 is 0 Å². The van der Waals surface area contributed by atoms with Gasteiger partial charge >= 0.3 is 0 Å². The van der Waals surface area contributed by atoms with E-state index in [1.807, 2.05) is 11.3 Å². The van der Waals surface area contributed by atoms with Crippen LogP contribution in [0.25, 0.3) is 0 Å². The number of thiazole rings is 1. The van der Waals surface area contributed by atoms with E-state index in [-0.39, 0.29) is 0 Å². The van der Waals surface area contributed by atoms with Crippen molar-refractivity contribution in [1.82, 2.24) is 4.98 Å². The predicted octanol–water partition coefficient (Wildman–Crippen LogP) is 4.87. The third-order valence-electron chi connectivity index (χ3n) is 4.47. The Balaban J connectivity index is 2.01. The van der Waals surface area contributed by atoms with E-state index in [9.17, 15) is 0 Å². The fourth-order valence-corrected chi connectivity index (χ4v) is 4.53. The molecule has 1 aliphatic rings. The first-order chi connectivity index (χ1) is 9.63. The minimum absolute atomic E-state index is 0.658. The highest BCUT2D eigenvalue weighted by Crippen LogP contribution is 2.39. The summed E-state index contributed by atoms with van der Waals surface area (Å²) >= 11 is 1.89. The normalized spacial score (nSPS) is 23.4. The summed E-state index contributed by atoms with van der Waals surface area (Å²) in [5.41, 5.74) is 7.18. The van der Waals surface area contributed by atoms with Crippen LogP contribution in [0.2, 0.25) is 0 Å². The first-order valence-corrected chi connectivity index (χ1v) is 9.14. The van der Waals surface area contributed by atoms with Gasteiger partial charge in [-0.15, -0.1) is 11.3 Å². The summed E-state index contributed by atoms with van der Waals surface area (Å²) in [6.07, 6.45) is 9.30. The van der Waals surface area contributed by atoms with Crippen molar-refractivity contribution in [3.05, 3.63) is 15.6 Å². The highest BCUT2D eigenvalue weighted by atomic mass is 32.1. The number of aromatic nitrogens is 1. The molecule has 0 spiro atoms. The van der Waals surface area contributed by atoms with Gasteiger partial charge in [0.1, 0.15) is 0 Å². The lowest BCUT2D eigenvalue weighted by Crippen LogP contribution is -2.13. The molecule has 0 saturated heterocycles. The van der Waals surface area contributed by atoms with Crippen LogP contribution in [0, 0.1) is 11.8 Å². The number of nitrogens with two attached hydrogens (primary N) is 1. The van der Waals surface area contributed by atoms with Gasteiger partial charge in [0, 0.05) is 17.3 Å². The van der Waals surface area contributed by atoms with Crippen LogP contribution in [0.4, 0.5) is 0 Å². The summed E-state index contributed by atoms with van der Waals surface area (Å²) in [4.78, 5) is 6.28. The molecule has 1 aromatic heterocycles. The molecule has 0 aromatic carbocycles. The van der Waals surface area contributed by atoms with Crippen molar-refractivity contribution >= 4 is 11.3 Å². The summed E-state index contributed by atoms with van der Waals surface area (Å²) < 4.78 is 0. The van der Waals surface area contributed by atoms with Crippen molar-refractivity contribution in [3.8, 4) is 0 Å². The second-order valence-electron chi connectivity index (χ2n) is 6.73. The first-order valence-electron chi connectivity index (χ1n) is 8.32. The Morgan fingerprint density at radius 2 is 1.95 bits per heavy atom. The molecule has 0 unspecified atom stereocenters. The topological polar surface area (TPSA) is 38.9 Å². The molecule has 3 heteroatoms. The monoisotopic (exact) mass is 294 g/mol. The maximum Gasteiger partial charge on any atom is 0.0962 e. The Labute approximate surface area is 128 Å². The highest BCUT2D eigenvalue weighted by molar-refractivity contribution is 7.11.